The van der Waals surface area contributed by atoms with Crippen LogP contribution in [0.25, 0.3) is 0 Å². The molecule has 0 fully saturated rings. The molecule has 0 aliphatic rings. The molecule has 3 N–H and O–H groups in total. The summed E-state index contributed by atoms with van der Waals surface area (Å²) in [4.78, 5) is 22.5. The zero-order valence-electron chi connectivity index (χ0n) is 8.97. The number of H-pyrrole nitrogens is 1. The second-order valence-corrected chi connectivity index (χ2v) is 3.16. The van der Waals surface area contributed by atoms with Crippen LogP contribution in [0.5, 0.6) is 0 Å². The Balaban J connectivity index is 2.66. The summed E-state index contributed by atoms with van der Waals surface area (Å²) in [6.07, 6.45) is 0. The predicted molar refractivity (Wildman–Crippen MR) is 54.5 cm³/mol. The van der Waals surface area contributed by atoms with Crippen LogP contribution in [0.2, 0.25) is 0 Å². The SMILES string of the molecule is CNC(=O)CNC(=O)c1c(C)n[nH]c1C. The highest BCUT2D eigenvalue weighted by Crippen LogP contribution is 2.08. The molecule has 1 aromatic rings. The van der Waals surface area contributed by atoms with Crippen LogP contribution in [0.15, 0.2) is 0 Å². The van der Waals surface area contributed by atoms with E-state index in [9.17, 15) is 9.59 Å². The number of nitrogens with one attached hydrogen (secondary N) is 3. The largest absolute Gasteiger partial charge is 0.358 e. The fourth-order valence-electron chi connectivity index (χ4n) is 1.22. The third-order valence-corrected chi connectivity index (χ3v) is 2.04. The lowest BCUT2D eigenvalue weighted by Crippen LogP contribution is -2.35. The monoisotopic (exact) mass is 210 g/mol. The lowest BCUT2D eigenvalue weighted by Gasteiger charge is -2.03. The van der Waals surface area contributed by atoms with Crippen LogP contribution in [-0.4, -0.2) is 35.6 Å². The molecule has 6 heteroatoms. The number of nitrogens with zero attached hydrogens (tertiary/aromatic N) is 1. The van der Waals surface area contributed by atoms with Crippen molar-refractivity contribution in [3.8, 4) is 0 Å². The van der Waals surface area contributed by atoms with E-state index in [0.717, 1.165) is 0 Å². The molecule has 0 saturated carbocycles. The molecule has 0 saturated heterocycles. The van der Waals surface area contributed by atoms with Crippen molar-refractivity contribution in [3.63, 3.8) is 0 Å². The van der Waals surface area contributed by atoms with E-state index in [1.165, 1.54) is 7.05 Å². The van der Waals surface area contributed by atoms with Crippen LogP contribution in [0.1, 0.15) is 21.7 Å². The van der Waals surface area contributed by atoms with E-state index in [1.54, 1.807) is 13.8 Å². The summed E-state index contributed by atoms with van der Waals surface area (Å²) in [7, 11) is 1.52. The Morgan fingerprint density at radius 1 is 1.40 bits per heavy atom. The minimum absolute atomic E-state index is 0.0284. The van der Waals surface area contributed by atoms with Crippen molar-refractivity contribution in [1.29, 1.82) is 0 Å². The van der Waals surface area contributed by atoms with Crippen molar-refractivity contribution in [1.82, 2.24) is 20.8 Å². The number of aromatic amines is 1. The minimum Gasteiger partial charge on any atom is -0.358 e. The Hall–Kier alpha value is -1.85. The van der Waals surface area contributed by atoms with E-state index in [0.29, 0.717) is 17.0 Å². The molecular weight excluding hydrogens is 196 g/mol. The number of likely N-dealkylation sites (N-methyl/N-ethyl adjacent to an activating group) is 1. The lowest BCUT2D eigenvalue weighted by atomic mass is 10.2. The first-order chi connectivity index (χ1) is 7.06. The number of amides is 2. The van der Waals surface area contributed by atoms with E-state index in [2.05, 4.69) is 20.8 Å². The number of aromatic nitrogens is 2. The summed E-state index contributed by atoms with van der Waals surface area (Å²) in [5.74, 6) is -0.524. The Bertz CT molecular complexity index is 364. The molecule has 15 heavy (non-hydrogen) atoms. The summed E-state index contributed by atoms with van der Waals surface area (Å²) in [5, 5.41) is 11.5. The van der Waals surface area contributed by atoms with Crippen LogP contribution in [0.3, 0.4) is 0 Å². The van der Waals surface area contributed by atoms with Crippen molar-refractivity contribution in [2.45, 2.75) is 13.8 Å². The van der Waals surface area contributed by atoms with Crippen LogP contribution in [-0.2, 0) is 4.79 Å². The van der Waals surface area contributed by atoms with Crippen molar-refractivity contribution in [2.75, 3.05) is 13.6 Å². The number of rotatable bonds is 3. The normalized spacial score (nSPS) is 9.80. The summed E-state index contributed by atoms with van der Waals surface area (Å²) in [6.45, 7) is 3.46. The second-order valence-electron chi connectivity index (χ2n) is 3.16. The molecule has 82 valence electrons. The molecule has 0 aliphatic carbocycles. The molecule has 0 aromatic carbocycles. The Morgan fingerprint density at radius 3 is 2.53 bits per heavy atom. The molecule has 1 rings (SSSR count). The van der Waals surface area contributed by atoms with Gasteiger partial charge in [0.15, 0.2) is 0 Å². The van der Waals surface area contributed by atoms with Crippen LogP contribution in [0, 0.1) is 13.8 Å². The quantitative estimate of drug-likeness (QED) is 0.628. The standard InChI is InChI=1S/C9H14N4O2/c1-5-8(6(2)13-12-5)9(15)11-4-7(14)10-3/h4H2,1-3H3,(H,10,14)(H,11,15)(H,12,13). The first kappa shape index (κ1) is 11.2. The summed E-state index contributed by atoms with van der Waals surface area (Å²) < 4.78 is 0. The zero-order chi connectivity index (χ0) is 11.4. The van der Waals surface area contributed by atoms with E-state index < -0.39 is 0 Å². The average molecular weight is 210 g/mol. The van der Waals surface area contributed by atoms with E-state index in [1.807, 2.05) is 0 Å². The first-order valence-corrected chi connectivity index (χ1v) is 4.56. The number of aryl methyl sites for hydroxylation is 2. The Kier molecular flexibility index (Phi) is 3.43. The van der Waals surface area contributed by atoms with Crippen molar-refractivity contribution in [3.05, 3.63) is 17.0 Å². The molecule has 0 radical (unpaired) electrons. The van der Waals surface area contributed by atoms with Gasteiger partial charge in [-0.05, 0) is 13.8 Å². The molecule has 1 heterocycles. The van der Waals surface area contributed by atoms with Gasteiger partial charge >= 0.3 is 0 Å². The fraction of sp³-hybridized carbons (Fsp3) is 0.444. The van der Waals surface area contributed by atoms with Crippen molar-refractivity contribution in [2.24, 2.45) is 0 Å². The van der Waals surface area contributed by atoms with Crippen LogP contribution < -0.4 is 10.6 Å². The maximum atomic E-state index is 11.6. The summed E-state index contributed by atoms with van der Waals surface area (Å²) in [5.41, 5.74) is 1.82. The molecule has 6 nitrogen and oxygen atoms in total. The molecule has 0 unspecified atom stereocenters. The maximum absolute atomic E-state index is 11.6. The van der Waals surface area contributed by atoms with Crippen LogP contribution >= 0.6 is 0 Å². The molecule has 2 amide bonds. The number of carbonyl (C=O) groups is 2. The smallest absolute Gasteiger partial charge is 0.255 e. The second kappa shape index (κ2) is 4.59. The van der Waals surface area contributed by atoms with Crippen molar-refractivity contribution >= 4 is 11.8 Å². The third-order valence-electron chi connectivity index (χ3n) is 2.04. The van der Waals surface area contributed by atoms with Gasteiger partial charge in [-0.2, -0.15) is 5.10 Å². The van der Waals surface area contributed by atoms with E-state index in [-0.39, 0.29) is 18.4 Å². The number of hydrogen-bond acceptors (Lipinski definition) is 3. The molecule has 0 atom stereocenters. The first-order valence-electron chi connectivity index (χ1n) is 4.56. The van der Waals surface area contributed by atoms with Gasteiger partial charge in [0.1, 0.15) is 0 Å². The number of hydrogen-bond donors (Lipinski definition) is 3. The topological polar surface area (TPSA) is 86.9 Å². The molecular formula is C9H14N4O2. The summed E-state index contributed by atoms with van der Waals surface area (Å²) in [6, 6.07) is 0. The van der Waals surface area contributed by atoms with Gasteiger partial charge in [0.05, 0.1) is 17.8 Å². The minimum atomic E-state index is -0.289. The lowest BCUT2D eigenvalue weighted by molar-refractivity contribution is -0.119. The van der Waals surface area contributed by atoms with Crippen molar-refractivity contribution < 1.29 is 9.59 Å². The van der Waals surface area contributed by atoms with Crippen LogP contribution in [0.4, 0.5) is 0 Å². The van der Waals surface area contributed by atoms with Gasteiger partial charge in [0, 0.05) is 12.7 Å². The highest BCUT2D eigenvalue weighted by molar-refractivity contribution is 5.98. The van der Waals surface area contributed by atoms with E-state index >= 15 is 0 Å². The van der Waals surface area contributed by atoms with E-state index in [4.69, 9.17) is 0 Å². The average Bonchev–Trinajstić information content (AvgIpc) is 2.54. The molecule has 0 aliphatic heterocycles. The van der Waals surface area contributed by atoms with Gasteiger partial charge in [-0.1, -0.05) is 0 Å². The summed E-state index contributed by atoms with van der Waals surface area (Å²) >= 11 is 0. The Morgan fingerprint density at radius 2 is 2.07 bits per heavy atom. The van der Waals surface area contributed by atoms with Gasteiger partial charge in [0.25, 0.3) is 5.91 Å². The van der Waals surface area contributed by atoms with Gasteiger partial charge < -0.3 is 10.6 Å². The van der Waals surface area contributed by atoms with Gasteiger partial charge in [-0.15, -0.1) is 0 Å². The highest BCUT2D eigenvalue weighted by atomic mass is 16.2. The molecule has 0 spiro atoms. The zero-order valence-corrected chi connectivity index (χ0v) is 8.97. The Labute approximate surface area is 87.4 Å². The fourth-order valence-corrected chi connectivity index (χ4v) is 1.22. The maximum Gasteiger partial charge on any atom is 0.255 e. The van der Waals surface area contributed by atoms with Gasteiger partial charge in [-0.3, -0.25) is 14.7 Å². The number of carbonyl (C=O) groups excluding carboxylic acids is 2. The molecule has 0 bridgehead atoms. The van der Waals surface area contributed by atoms with Gasteiger partial charge in [0.2, 0.25) is 5.91 Å². The molecule has 1 aromatic heterocycles. The predicted octanol–water partition coefficient (Wildman–Crippen LogP) is -0.498. The van der Waals surface area contributed by atoms with Gasteiger partial charge in [-0.25, -0.2) is 0 Å². The highest BCUT2D eigenvalue weighted by Gasteiger charge is 2.15. The third kappa shape index (κ3) is 2.55.